The van der Waals surface area contributed by atoms with E-state index in [0.29, 0.717) is 17.9 Å². The van der Waals surface area contributed by atoms with Gasteiger partial charge in [-0.1, -0.05) is 0 Å². The number of rotatable bonds is 5. The first kappa shape index (κ1) is 13.4. The molecule has 0 unspecified atom stereocenters. The Morgan fingerprint density at radius 1 is 1.47 bits per heavy atom. The van der Waals surface area contributed by atoms with E-state index in [1.165, 1.54) is 0 Å². The average molecular weight is 277 g/mol. The molecule has 0 atom stereocenters. The number of amides is 1. The van der Waals surface area contributed by atoms with Crippen LogP contribution in [0.15, 0.2) is 23.7 Å². The van der Waals surface area contributed by atoms with E-state index in [2.05, 4.69) is 20.7 Å². The van der Waals surface area contributed by atoms with Crippen molar-refractivity contribution in [2.24, 2.45) is 5.84 Å². The number of thiazole rings is 1. The maximum atomic E-state index is 12.0. The highest BCUT2D eigenvalue weighted by Gasteiger charge is 2.08. The second-order valence-electron chi connectivity index (χ2n) is 3.96. The summed E-state index contributed by atoms with van der Waals surface area (Å²) in [5.74, 6) is 5.64. The lowest BCUT2D eigenvalue weighted by Gasteiger charge is -2.07. The van der Waals surface area contributed by atoms with E-state index in [4.69, 9.17) is 5.84 Å². The number of nitrogen functional groups attached to an aromatic ring is 1. The molecule has 2 heterocycles. The minimum Gasteiger partial charge on any atom is -0.352 e. The zero-order chi connectivity index (χ0) is 13.7. The summed E-state index contributed by atoms with van der Waals surface area (Å²) in [5, 5.41) is 5.78. The molecule has 100 valence electrons. The Bertz CT molecular complexity index is 555. The number of aryl methyl sites for hydroxylation is 1. The van der Waals surface area contributed by atoms with Crippen LogP contribution in [-0.2, 0) is 6.42 Å². The van der Waals surface area contributed by atoms with Crippen LogP contribution in [0.2, 0.25) is 0 Å². The summed E-state index contributed by atoms with van der Waals surface area (Å²) in [6.07, 6.45) is 2.49. The number of pyridine rings is 1. The van der Waals surface area contributed by atoms with Crippen molar-refractivity contribution in [3.8, 4) is 0 Å². The molecule has 1 amide bonds. The third-order valence-electron chi connectivity index (χ3n) is 2.47. The van der Waals surface area contributed by atoms with Gasteiger partial charge < -0.3 is 10.7 Å². The first-order valence-electron chi connectivity index (χ1n) is 5.81. The summed E-state index contributed by atoms with van der Waals surface area (Å²) < 4.78 is 0. The summed E-state index contributed by atoms with van der Waals surface area (Å²) in [6, 6.07) is 3.34. The molecule has 0 bridgehead atoms. The van der Waals surface area contributed by atoms with Gasteiger partial charge in [0.15, 0.2) is 0 Å². The van der Waals surface area contributed by atoms with Crippen LogP contribution in [0.1, 0.15) is 21.1 Å². The zero-order valence-corrected chi connectivity index (χ0v) is 11.3. The van der Waals surface area contributed by atoms with Gasteiger partial charge in [0.2, 0.25) is 0 Å². The molecule has 4 N–H and O–H groups in total. The number of aromatic nitrogens is 2. The Balaban J connectivity index is 1.94. The predicted octanol–water partition coefficient (Wildman–Crippen LogP) is 1.10. The number of hydrogen-bond donors (Lipinski definition) is 3. The van der Waals surface area contributed by atoms with Crippen LogP contribution in [0, 0.1) is 6.92 Å². The number of nitrogens with two attached hydrogens (primary N) is 1. The van der Waals surface area contributed by atoms with Gasteiger partial charge in [0.05, 0.1) is 5.01 Å². The van der Waals surface area contributed by atoms with E-state index in [9.17, 15) is 4.79 Å². The Labute approximate surface area is 115 Å². The van der Waals surface area contributed by atoms with E-state index >= 15 is 0 Å². The fourth-order valence-corrected chi connectivity index (χ4v) is 2.26. The molecule has 0 aromatic carbocycles. The number of nitrogens with one attached hydrogen (secondary N) is 2. The fourth-order valence-electron chi connectivity index (χ4n) is 1.64. The zero-order valence-electron chi connectivity index (χ0n) is 10.5. The highest BCUT2D eigenvalue weighted by molar-refractivity contribution is 7.09. The van der Waals surface area contributed by atoms with E-state index < -0.39 is 0 Å². The molecule has 0 radical (unpaired) electrons. The molecule has 6 nitrogen and oxygen atoms in total. The van der Waals surface area contributed by atoms with Gasteiger partial charge in [0.1, 0.15) is 5.82 Å². The molecular formula is C12H15N5OS. The highest BCUT2D eigenvalue weighted by atomic mass is 32.1. The maximum absolute atomic E-state index is 12.0. The Kier molecular flexibility index (Phi) is 4.43. The lowest BCUT2D eigenvalue weighted by molar-refractivity contribution is 0.0954. The van der Waals surface area contributed by atoms with Gasteiger partial charge in [-0.05, 0) is 19.1 Å². The summed E-state index contributed by atoms with van der Waals surface area (Å²) >= 11 is 1.58. The number of nitrogens with zero attached hydrogens (tertiary/aromatic N) is 2. The first-order valence-corrected chi connectivity index (χ1v) is 6.69. The van der Waals surface area contributed by atoms with E-state index in [-0.39, 0.29) is 5.91 Å². The average Bonchev–Trinajstić information content (AvgIpc) is 2.91. The van der Waals surface area contributed by atoms with E-state index in [1.807, 2.05) is 12.3 Å². The van der Waals surface area contributed by atoms with Crippen LogP contribution in [-0.4, -0.2) is 22.4 Å². The monoisotopic (exact) mass is 277 g/mol. The predicted molar refractivity (Wildman–Crippen MR) is 74.9 cm³/mol. The minimum absolute atomic E-state index is 0.140. The van der Waals surface area contributed by atoms with Crippen molar-refractivity contribution in [2.75, 3.05) is 12.0 Å². The molecule has 7 heteroatoms. The number of carbonyl (C=O) groups is 1. The molecule has 2 aromatic heterocycles. The van der Waals surface area contributed by atoms with E-state index in [1.54, 1.807) is 29.7 Å². The molecule has 2 rings (SSSR count). The van der Waals surface area contributed by atoms with Crippen molar-refractivity contribution in [1.82, 2.24) is 15.3 Å². The summed E-state index contributed by atoms with van der Waals surface area (Å²) in [4.78, 5) is 20.3. The number of anilines is 1. The topological polar surface area (TPSA) is 92.9 Å². The largest absolute Gasteiger partial charge is 0.352 e. The molecule has 0 saturated carbocycles. The molecular weight excluding hydrogens is 262 g/mol. The molecule has 0 saturated heterocycles. The quantitative estimate of drug-likeness (QED) is 0.562. The molecule has 19 heavy (non-hydrogen) atoms. The van der Waals surface area contributed by atoms with Gasteiger partial charge in [-0.15, -0.1) is 11.3 Å². The van der Waals surface area contributed by atoms with Crippen molar-refractivity contribution in [1.29, 1.82) is 0 Å². The third-order valence-corrected chi connectivity index (χ3v) is 3.31. The summed E-state index contributed by atoms with van der Waals surface area (Å²) in [5.41, 5.74) is 3.72. The number of hydrogen-bond acceptors (Lipinski definition) is 6. The van der Waals surface area contributed by atoms with Gasteiger partial charge in [0, 0.05) is 35.8 Å². The standard InChI is InChI=1S/C12H15N5OS/c1-8-6-9(7-10(16-8)17-13)12(18)15-3-2-11-14-4-5-19-11/h4-7H,2-3,13H2,1H3,(H,15,18)(H,16,17). The molecule has 0 spiro atoms. The smallest absolute Gasteiger partial charge is 0.251 e. The summed E-state index contributed by atoms with van der Waals surface area (Å²) in [7, 11) is 0. The molecule has 0 aliphatic heterocycles. The van der Waals surface area contributed by atoms with Crippen LogP contribution < -0.4 is 16.6 Å². The second-order valence-corrected chi connectivity index (χ2v) is 4.94. The van der Waals surface area contributed by atoms with Crippen molar-refractivity contribution in [3.05, 3.63) is 40.0 Å². The molecule has 2 aromatic rings. The molecule has 0 fully saturated rings. The van der Waals surface area contributed by atoms with Gasteiger partial charge in [-0.2, -0.15) is 0 Å². The van der Waals surface area contributed by atoms with E-state index in [0.717, 1.165) is 17.1 Å². The molecule has 0 aliphatic carbocycles. The number of carbonyl (C=O) groups excluding carboxylic acids is 1. The van der Waals surface area contributed by atoms with Crippen LogP contribution in [0.5, 0.6) is 0 Å². The number of hydrazine groups is 1. The highest BCUT2D eigenvalue weighted by Crippen LogP contribution is 2.09. The first-order chi connectivity index (χ1) is 9.19. The lowest BCUT2D eigenvalue weighted by atomic mass is 10.2. The minimum atomic E-state index is -0.140. The van der Waals surface area contributed by atoms with Crippen LogP contribution in [0.3, 0.4) is 0 Å². The molecule has 0 aliphatic rings. The van der Waals surface area contributed by atoms with Crippen molar-refractivity contribution in [3.63, 3.8) is 0 Å². The Hall–Kier alpha value is -1.99. The maximum Gasteiger partial charge on any atom is 0.251 e. The van der Waals surface area contributed by atoms with Gasteiger partial charge >= 0.3 is 0 Å². The van der Waals surface area contributed by atoms with Crippen LogP contribution >= 0.6 is 11.3 Å². The lowest BCUT2D eigenvalue weighted by Crippen LogP contribution is -2.26. The van der Waals surface area contributed by atoms with Crippen molar-refractivity contribution >= 4 is 23.1 Å². The fraction of sp³-hybridized carbons (Fsp3) is 0.250. The summed E-state index contributed by atoms with van der Waals surface area (Å²) in [6.45, 7) is 2.37. The van der Waals surface area contributed by atoms with Gasteiger partial charge in [0.25, 0.3) is 5.91 Å². The van der Waals surface area contributed by atoms with Gasteiger partial charge in [-0.25, -0.2) is 15.8 Å². The van der Waals surface area contributed by atoms with Crippen LogP contribution in [0.4, 0.5) is 5.82 Å². The Morgan fingerprint density at radius 2 is 2.32 bits per heavy atom. The Morgan fingerprint density at radius 3 is 3.00 bits per heavy atom. The normalized spacial score (nSPS) is 10.2. The third kappa shape index (κ3) is 3.73. The SMILES string of the molecule is Cc1cc(C(=O)NCCc2nccs2)cc(NN)n1. The van der Waals surface area contributed by atoms with Gasteiger partial charge in [-0.3, -0.25) is 4.79 Å². The van der Waals surface area contributed by atoms with Crippen molar-refractivity contribution in [2.45, 2.75) is 13.3 Å². The van der Waals surface area contributed by atoms with Crippen LogP contribution in [0.25, 0.3) is 0 Å². The van der Waals surface area contributed by atoms with Crippen molar-refractivity contribution < 1.29 is 4.79 Å². The second kappa shape index (κ2) is 6.26.